The molecular weight excluding hydrogens is 266 g/mol. The lowest BCUT2D eigenvalue weighted by atomic mass is 9.78. The van der Waals surface area contributed by atoms with Crippen molar-refractivity contribution in [3.63, 3.8) is 0 Å². The third-order valence-electron chi connectivity index (χ3n) is 4.16. The van der Waals surface area contributed by atoms with E-state index in [1.54, 1.807) is 0 Å². The van der Waals surface area contributed by atoms with Gasteiger partial charge in [-0.1, -0.05) is 26.7 Å². The monoisotopic (exact) mass is 291 g/mol. The molecule has 0 unspecified atom stereocenters. The molecule has 0 spiro atoms. The van der Waals surface area contributed by atoms with Crippen LogP contribution in [0.4, 0.5) is 5.82 Å². The maximum absolute atomic E-state index is 12.2. The number of anilines is 1. The van der Waals surface area contributed by atoms with Crippen molar-refractivity contribution in [3.8, 4) is 0 Å². The van der Waals surface area contributed by atoms with Crippen LogP contribution in [0.5, 0.6) is 0 Å². The molecule has 0 aliphatic heterocycles. The molecule has 1 aliphatic carbocycles. The molecular formula is C15H25N5O. The Balaban J connectivity index is 1.95. The number of aromatic nitrogens is 2. The molecule has 0 radical (unpaired) electrons. The summed E-state index contributed by atoms with van der Waals surface area (Å²) in [4.78, 5) is 20.2. The van der Waals surface area contributed by atoms with E-state index in [-0.39, 0.29) is 11.3 Å². The third-order valence-corrected chi connectivity index (χ3v) is 4.16. The topological polar surface area (TPSA) is 92.9 Å². The molecule has 1 aromatic heterocycles. The van der Waals surface area contributed by atoms with Gasteiger partial charge in [-0.15, -0.1) is 0 Å². The first-order chi connectivity index (χ1) is 10.0. The van der Waals surface area contributed by atoms with E-state index in [2.05, 4.69) is 34.6 Å². The van der Waals surface area contributed by atoms with E-state index in [1.807, 2.05) is 0 Å². The summed E-state index contributed by atoms with van der Waals surface area (Å²) in [6.45, 7) is 5.21. The lowest BCUT2D eigenvalue weighted by Gasteiger charge is -2.31. The summed E-state index contributed by atoms with van der Waals surface area (Å²) in [5, 5.41) is 3.03. The predicted octanol–water partition coefficient (Wildman–Crippen LogP) is 2.10. The number of hydrazine groups is 1. The fourth-order valence-corrected chi connectivity index (χ4v) is 3.32. The van der Waals surface area contributed by atoms with Gasteiger partial charge in [-0.25, -0.2) is 15.8 Å². The number of rotatable bonds is 6. The minimum atomic E-state index is -0.166. The second-order valence-electron chi connectivity index (χ2n) is 6.42. The normalized spacial score (nSPS) is 17.0. The van der Waals surface area contributed by atoms with Crippen LogP contribution < -0.4 is 16.6 Å². The second kappa shape index (κ2) is 6.85. The van der Waals surface area contributed by atoms with E-state index in [0.29, 0.717) is 17.4 Å². The zero-order valence-corrected chi connectivity index (χ0v) is 12.9. The van der Waals surface area contributed by atoms with Gasteiger partial charge in [0.05, 0.1) is 12.4 Å². The highest BCUT2D eigenvalue weighted by atomic mass is 16.1. The molecule has 6 nitrogen and oxygen atoms in total. The molecule has 0 saturated heterocycles. The number of carbonyl (C=O) groups excluding carboxylic acids is 1. The van der Waals surface area contributed by atoms with E-state index in [1.165, 1.54) is 38.1 Å². The second-order valence-corrected chi connectivity index (χ2v) is 6.42. The summed E-state index contributed by atoms with van der Waals surface area (Å²) in [5.41, 5.74) is 2.98. The predicted molar refractivity (Wildman–Crippen MR) is 82.5 cm³/mol. The van der Waals surface area contributed by atoms with Crippen molar-refractivity contribution in [1.29, 1.82) is 0 Å². The number of carbonyl (C=O) groups is 1. The van der Waals surface area contributed by atoms with Crippen LogP contribution in [0.25, 0.3) is 0 Å². The van der Waals surface area contributed by atoms with E-state index in [4.69, 9.17) is 5.84 Å². The molecule has 0 atom stereocenters. The van der Waals surface area contributed by atoms with Crippen LogP contribution in [0.3, 0.4) is 0 Å². The quantitative estimate of drug-likeness (QED) is 0.551. The highest BCUT2D eigenvalue weighted by molar-refractivity contribution is 5.92. The summed E-state index contributed by atoms with van der Waals surface area (Å²) < 4.78 is 0. The summed E-state index contributed by atoms with van der Waals surface area (Å²) in [6.07, 6.45) is 8.98. The first-order valence-electron chi connectivity index (χ1n) is 7.61. The van der Waals surface area contributed by atoms with Gasteiger partial charge in [-0.05, 0) is 30.6 Å². The summed E-state index contributed by atoms with van der Waals surface area (Å²) in [6, 6.07) is 0. The molecule has 1 fully saturated rings. The Morgan fingerprint density at radius 1 is 1.33 bits per heavy atom. The van der Waals surface area contributed by atoms with Gasteiger partial charge in [0.2, 0.25) is 0 Å². The summed E-state index contributed by atoms with van der Waals surface area (Å²) in [5.74, 6) is 6.15. The Morgan fingerprint density at radius 2 is 2.05 bits per heavy atom. The molecule has 0 bridgehead atoms. The molecule has 2 rings (SSSR count). The molecule has 1 heterocycles. The lowest BCUT2D eigenvalue weighted by Crippen LogP contribution is -2.37. The number of hydrogen-bond acceptors (Lipinski definition) is 5. The van der Waals surface area contributed by atoms with Crippen molar-refractivity contribution in [2.45, 2.75) is 46.0 Å². The van der Waals surface area contributed by atoms with Gasteiger partial charge in [-0.3, -0.25) is 4.79 Å². The summed E-state index contributed by atoms with van der Waals surface area (Å²) >= 11 is 0. The number of nitrogen functional groups attached to an aromatic ring is 1. The van der Waals surface area contributed by atoms with Crippen LogP contribution in [-0.4, -0.2) is 22.4 Å². The Morgan fingerprint density at radius 3 is 2.57 bits per heavy atom. The van der Waals surface area contributed by atoms with Crippen LogP contribution in [0.2, 0.25) is 0 Å². The van der Waals surface area contributed by atoms with Gasteiger partial charge in [0.15, 0.2) is 5.82 Å². The Labute approximate surface area is 125 Å². The number of amides is 1. The Kier molecular flexibility index (Phi) is 5.12. The Bertz CT molecular complexity index is 465. The van der Waals surface area contributed by atoms with Crippen LogP contribution in [0.1, 0.15) is 56.4 Å². The highest BCUT2D eigenvalue weighted by Gasteiger charge is 2.34. The minimum Gasteiger partial charge on any atom is -0.350 e. The number of nitrogens with one attached hydrogen (secondary N) is 2. The molecule has 116 valence electrons. The molecule has 0 aromatic carbocycles. The van der Waals surface area contributed by atoms with Gasteiger partial charge < -0.3 is 10.7 Å². The van der Waals surface area contributed by atoms with Crippen LogP contribution in [0.15, 0.2) is 12.4 Å². The van der Waals surface area contributed by atoms with Gasteiger partial charge >= 0.3 is 0 Å². The van der Waals surface area contributed by atoms with Crippen molar-refractivity contribution in [3.05, 3.63) is 18.1 Å². The molecule has 6 heteroatoms. The molecule has 1 amide bonds. The first kappa shape index (κ1) is 15.7. The van der Waals surface area contributed by atoms with E-state index < -0.39 is 0 Å². The zero-order valence-electron chi connectivity index (χ0n) is 12.9. The molecule has 21 heavy (non-hydrogen) atoms. The molecule has 1 saturated carbocycles. The smallest absolute Gasteiger partial charge is 0.271 e. The SMILES string of the molecule is CC(C)CC1(CNC(=O)c2cnc(NN)cn2)CCCC1. The van der Waals surface area contributed by atoms with Gasteiger partial charge in [0.25, 0.3) is 5.91 Å². The number of nitrogens with two attached hydrogens (primary N) is 1. The fraction of sp³-hybridized carbons (Fsp3) is 0.667. The molecule has 4 N–H and O–H groups in total. The van der Waals surface area contributed by atoms with E-state index >= 15 is 0 Å². The van der Waals surface area contributed by atoms with Crippen molar-refractivity contribution in [1.82, 2.24) is 15.3 Å². The zero-order chi connectivity index (χ0) is 15.3. The van der Waals surface area contributed by atoms with E-state index in [9.17, 15) is 4.79 Å². The minimum absolute atomic E-state index is 0.166. The number of hydrogen-bond donors (Lipinski definition) is 3. The molecule has 1 aromatic rings. The van der Waals surface area contributed by atoms with Crippen molar-refractivity contribution in [2.75, 3.05) is 12.0 Å². The van der Waals surface area contributed by atoms with Crippen LogP contribution >= 0.6 is 0 Å². The number of nitrogens with zero attached hydrogens (tertiary/aromatic N) is 2. The third kappa shape index (κ3) is 4.14. The lowest BCUT2D eigenvalue weighted by molar-refractivity contribution is 0.0916. The van der Waals surface area contributed by atoms with Crippen LogP contribution in [-0.2, 0) is 0 Å². The van der Waals surface area contributed by atoms with Crippen LogP contribution in [0, 0.1) is 11.3 Å². The highest BCUT2D eigenvalue weighted by Crippen LogP contribution is 2.42. The maximum Gasteiger partial charge on any atom is 0.271 e. The fourth-order valence-electron chi connectivity index (χ4n) is 3.32. The average Bonchev–Trinajstić information content (AvgIpc) is 2.93. The first-order valence-corrected chi connectivity index (χ1v) is 7.61. The van der Waals surface area contributed by atoms with Gasteiger partial charge in [0, 0.05) is 6.54 Å². The van der Waals surface area contributed by atoms with Crippen molar-refractivity contribution >= 4 is 11.7 Å². The van der Waals surface area contributed by atoms with Crippen molar-refractivity contribution < 1.29 is 4.79 Å². The Hall–Kier alpha value is -1.69. The largest absolute Gasteiger partial charge is 0.350 e. The average molecular weight is 291 g/mol. The molecule has 1 aliphatic rings. The maximum atomic E-state index is 12.2. The van der Waals surface area contributed by atoms with E-state index in [0.717, 1.165) is 13.0 Å². The van der Waals surface area contributed by atoms with Gasteiger partial charge in [-0.2, -0.15) is 0 Å². The summed E-state index contributed by atoms with van der Waals surface area (Å²) in [7, 11) is 0. The standard InChI is InChI=1S/C15H25N5O/c1-11(2)7-15(5-3-4-6-15)10-19-14(21)12-8-18-13(20-16)9-17-12/h8-9,11H,3-7,10,16H2,1-2H3,(H,18,20)(H,19,21). The van der Waals surface area contributed by atoms with Gasteiger partial charge in [0.1, 0.15) is 5.69 Å². The van der Waals surface area contributed by atoms with Crippen molar-refractivity contribution in [2.24, 2.45) is 17.2 Å².